The fourth-order valence-electron chi connectivity index (χ4n) is 3.36. The zero-order chi connectivity index (χ0) is 26.3. The van der Waals surface area contributed by atoms with Crippen molar-refractivity contribution in [2.24, 2.45) is 5.92 Å². The van der Waals surface area contributed by atoms with Gasteiger partial charge in [0.05, 0.1) is 11.9 Å². The molecule has 0 aliphatic rings. The number of hydrogen-bond donors (Lipinski definition) is 1. The number of ketones is 1. The normalized spacial score (nSPS) is 12.2. The average molecular weight is 567 g/mol. The van der Waals surface area contributed by atoms with E-state index in [2.05, 4.69) is 21.2 Å². The predicted octanol–water partition coefficient (Wildman–Crippen LogP) is 3.61. The van der Waals surface area contributed by atoms with Gasteiger partial charge in [0.1, 0.15) is 12.6 Å². The van der Waals surface area contributed by atoms with E-state index in [1.54, 1.807) is 19.1 Å². The summed E-state index contributed by atoms with van der Waals surface area (Å²) in [5.41, 5.74) is 1.31. The quantitative estimate of drug-likeness (QED) is 0.419. The van der Waals surface area contributed by atoms with E-state index in [-0.39, 0.29) is 29.8 Å². The topological polar surface area (TPSA) is 104 Å². The number of anilines is 1. The maximum atomic E-state index is 13.5. The number of sulfonamides is 1. The SMILES string of the molecule is CC(=O)c1cccc(N(CC(=O)N(Cc2cccc(Br)c2)[C@H](C)C(=O)NCC(C)C)S(C)(=O)=O)c1. The molecule has 0 saturated heterocycles. The molecule has 1 atom stereocenters. The van der Waals surface area contributed by atoms with Gasteiger partial charge in [-0.15, -0.1) is 0 Å². The Bertz CT molecular complexity index is 1180. The van der Waals surface area contributed by atoms with E-state index in [9.17, 15) is 22.8 Å². The summed E-state index contributed by atoms with van der Waals surface area (Å²) in [6.45, 7) is 6.98. The monoisotopic (exact) mass is 565 g/mol. The van der Waals surface area contributed by atoms with Crippen LogP contribution in [0.5, 0.6) is 0 Å². The average Bonchev–Trinajstić information content (AvgIpc) is 2.78. The van der Waals surface area contributed by atoms with Crippen LogP contribution >= 0.6 is 15.9 Å². The fourth-order valence-corrected chi connectivity index (χ4v) is 4.65. The van der Waals surface area contributed by atoms with Gasteiger partial charge in [0.15, 0.2) is 5.78 Å². The molecule has 2 amide bonds. The van der Waals surface area contributed by atoms with Gasteiger partial charge in [-0.2, -0.15) is 0 Å². The van der Waals surface area contributed by atoms with E-state index >= 15 is 0 Å². The molecule has 0 unspecified atom stereocenters. The number of benzene rings is 2. The molecule has 0 aliphatic carbocycles. The third-order valence-electron chi connectivity index (χ3n) is 5.31. The van der Waals surface area contributed by atoms with E-state index in [1.807, 2.05) is 38.1 Å². The van der Waals surface area contributed by atoms with Crippen LogP contribution in [0.2, 0.25) is 0 Å². The first-order chi connectivity index (χ1) is 16.3. The molecule has 0 radical (unpaired) electrons. The van der Waals surface area contributed by atoms with Gasteiger partial charge in [-0.1, -0.05) is 54.0 Å². The number of carbonyl (C=O) groups excluding carboxylic acids is 3. The van der Waals surface area contributed by atoms with Gasteiger partial charge in [0, 0.05) is 23.1 Å². The molecule has 0 aromatic heterocycles. The lowest BCUT2D eigenvalue weighted by atomic mass is 10.1. The van der Waals surface area contributed by atoms with Crippen molar-refractivity contribution >= 4 is 49.2 Å². The van der Waals surface area contributed by atoms with Gasteiger partial charge < -0.3 is 10.2 Å². The van der Waals surface area contributed by atoms with Crippen molar-refractivity contribution in [1.82, 2.24) is 10.2 Å². The molecule has 2 rings (SSSR count). The van der Waals surface area contributed by atoms with Crippen molar-refractivity contribution in [1.29, 1.82) is 0 Å². The van der Waals surface area contributed by atoms with E-state index < -0.39 is 28.5 Å². The minimum atomic E-state index is -3.87. The molecular formula is C25H32BrN3O5S. The van der Waals surface area contributed by atoms with Crippen molar-refractivity contribution < 1.29 is 22.8 Å². The van der Waals surface area contributed by atoms with E-state index in [0.717, 1.165) is 20.6 Å². The Labute approximate surface area is 215 Å². The lowest BCUT2D eigenvalue weighted by Crippen LogP contribution is -2.51. The van der Waals surface area contributed by atoms with Crippen LogP contribution in [-0.2, 0) is 26.2 Å². The lowest BCUT2D eigenvalue weighted by molar-refractivity contribution is -0.139. The number of hydrogen-bond acceptors (Lipinski definition) is 5. The van der Waals surface area contributed by atoms with Crippen LogP contribution in [0.1, 0.15) is 43.6 Å². The number of Topliss-reactive ketones (excluding diaryl/α,β-unsaturated/α-hetero) is 1. The Hall–Kier alpha value is -2.72. The number of nitrogens with one attached hydrogen (secondary N) is 1. The second-order valence-electron chi connectivity index (χ2n) is 8.84. The molecule has 0 aliphatic heterocycles. The first kappa shape index (κ1) is 28.5. The van der Waals surface area contributed by atoms with Crippen LogP contribution in [0.4, 0.5) is 5.69 Å². The van der Waals surface area contributed by atoms with Crippen molar-refractivity contribution in [3.05, 3.63) is 64.1 Å². The summed E-state index contributed by atoms with van der Waals surface area (Å²) in [7, 11) is -3.87. The fraction of sp³-hybridized carbons (Fsp3) is 0.400. The highest BCUT2D eigenvalue weighted by Crippen LogP contribution is 2.21. The van der Waals surface area contributed by atoms with Gasteiger partial charge in [-0.3, -0.25) is 18.7 Å². The minimum Gasteiger partial charge on any atom is -0.354 e. The van der Waals surface area contributed by atoms with Crippen LogP contribution in [0.3, 0.4) is 0 Å². The molecule has 0 fully saturated rings. The minimum absolute atomic E-state index is 0.111. The molecular weight excluding hydrogens is 534 g/mol. The summed E-state index contributed by atoms with van der Waals surface area (Å²) >= 11 is 3.41. The largest absolute Gasteiger partial charge is 0.354 e. The molecule has 1 N–H and O–H groups in total. The Morgan fingerprint density at radius 1 is 1.03 bits per heavy atom. The Morgan fingerprint density at radius 2 is 1.69 bits per heavy atom. The summed E-state index contributed by atoms with van der Waals surface area (Å²) in [5.74, 6) is -0.865. The van der Waals surface area contributed by atoms with Gasteiger partial charge in [0.25, 0.3) is 0 Å². The van der Waals surface area contributed by atoms with E-state index in [0.29, 0.717) is 12.1 Å². The predicted molar refractivity (Wildman–Crippen MR) is 141 cm³/mol. The van der Waals surface area contributed by atoms with Crippen LogP contribution in [0.15, 0.2) is 53.0 Å². The summed E-state index contributed by atoms with van der Waals surface area (Å²) in [5, 5.41) is 2.84. The molecule has 0 saturated carbocycles. The maximum Gasteiger partial charge on any atom is 0.244 e. The highest BCUT2D eigenvalue weighted by molar-refractivity contribution is 9.10. The molecule has 0 spiro atoms. The second-order valence-corrected chi connectivity index (χ2v) is 11.7. The first-order valence-corrected chi connectivity index (χ1v) is 13.8. The summed E-state index contributed by atoms with van der Waals surface area (Å²) < 4.78 is 27.1. The summed E-state index contributed by atoms with van der Waals surface area (Å²) in [6.07, 6.45) is 0.998. The number of halogens is 1. The Kier molecular flexibility index (Phi) is 10.0. The molecule has 190 valence electrons. The van der Waals surface area contributed by atoms with Crippen molar-refractivity contribution in [2.45, 2.75) is 40.3 Å². The maximum absolute atomic E-state index is 13.5. The van der Waals surface area contributed by atoms with Crippen LogP contribution in [0, 0.1) is 5.92 Å². The highest BCUT2D eigenvalue weighted by Gasteiger charge is 2.30. The second kappa shape index (κ2) is 12.3. The third-order valence-corrected chi connectivity index (χ3v) is 6.95. The Balaban J connectivity index is 2.41. The zero-order valence-electron chi connectivity index (χ0n) is 20.6. The van der Waals surface area contributed by atoms with Gasteiger partial charge in [0.2, 0.25) is 21.8 Å². The summed E-state index contributed by atoms with van der Waals surface area (Å²) in [6, 6.07) is 12.6. The number of nitrogens with zero attached hydrogens (tertiary/aromatic N) is 2. The van der Waals surface area contributed by atoms with Gasteiger partial charge in [-0.25, -0.2) is 8.42 Å². The highest BCUT2D eigenvalue weighted by atomic mass is 79.9. The van der Waals surface area contributed by atoms with Crippen molar-refractivity contribution in [3.63, 3.8) is 0 Å². The molecule has 2 aromatic carbocycles. The zero-order valence-corrected chi connectivity index (χ0v) is 23.0. The molecule has 0 bridgehead atoms. The number of carbonyl (C=O) groups is 3. The smallest absolute Gasteiger partial charge is 0.244 e. The molecule has 8 nitrogen and oxygen atoms in total. The number of amides is 2. The number of rotatable bonds is 11. The van der Waals surface area contributed by atoms with Gasteiger partial charge in [-0.05, 0) is 49.6 Å². The molecule has 0 heterocycles. The van der Waals surface area contributed by atoms with E-state index in [1.165, 1.54) is 24.0 Å². The standard InChI is InChI=1S/C25H32BrN3O5S/c1-17(2)14-27-25(32)18(3)28(15-20-8-6-10-22(26)12-20)24(31)16-29(35(5,33)34)23-11-7-9-21(13-23)19(4)30/h6-13,17-18H,14-16H2,1-5H3,(H,27,32)/t18-/m1/s1. The van der Waals surface area contributed by atoms with Crippen LogP contribution < -0.4 is 9.62 Å². The van der Waals surface area contributed by atoms with Crippen LogP contribution in [0.25, 0.3) is 0 Å². The lowest BCUT2D eigenvalue weighted by Gasteiger charge is -2.31. The molecule has 35 heavy (non-hydrogen) atoms. The first-order valence-electron chi connectivity index (χ1n) is 11.2. The Morgan fingerprint density at radius 3 is 2.26 bits per heavy atom. The van der Waals surface area contributed by atoms with E-state index in [4.69, 9.17) is 0 Å². The summed E-state index contributed by atoms with van der Waals surface area (Å²) in [4.78, 5) is 39.5. The molecule has 2 aromatic rings. The van der Waals surface area contributed by atoms with Crippen molar-refractivity contribution in [3.8, 4) is 0 Å². The van der Waals surface area contributed by atoms with Crippen LogP contribution in [-0.4, -0.2) is 56.3 Å². The third kappa shape index (κ3) is 8.47. The molecule has 10 heteroatoms. The van der Waals surface area contributed by atoms with Gasteiger partial charge >= 0.3 is 0 Å². The van der Waals surface area contributed by atoms with Crippen molar-refractivity contribution in [2.75, 3.05) is 23.7 Å².